The smallest absolute Gasteiger partial charge is 0.248 e. The number of carbonyl (C=O) groups is 1. The molecule has 2 aromatic rings. The summed E-state index contributed by atoms with van der Waals surface area (Å²) in [6.45, 7) is 1.95. The molecular formula is C16H13BrFNO. The number of rotatable bonds is 3. The molecule has 0 fully saturated rings. The summed E-state index contributed by atoms with van der Waals surface area (Å²) < 4.78 is 13.7. The summed E-state index contributed by atoms with van der Waals surface area (Å²) in [6, 6.07) is 11.5. The summed E-state index contributed by atoms with van der Waals surface area (Å²) in [5.41, 5.74) is 2.55. The predicted molar refractivity (Wildman–Crippen MR) is 82.9 cm³/mol. The van der Waals surface area contributed by atoms with Crippen molar-refractivity contribution in [3.8, 4) is 0 Å². The number of anilines is 1. The van der Waals surface area contributed by atoms with E-state index in [1.165, 1.54) is 18.2 Å². The van der Waals surface area contributed by atoms with Gasteiger partial charge in [0.1, 0.15) is 5.82 Å². The molecule has 0 aliphatic carbocycles. The molecule has 0 saturated heterocycles. The molecule has 0 spiro atoms. The van der Waals surface area contributed by atoms with Gasteiger partial charge in [-0.25, -0.2) is 4.39 Å². The van der Waals surface area contributed by atoms with Gasteiger partial charge >= 0.3 is 0 Å². The Kier molecular flexibility index (Phi) is 4.69. The zero-order valence-corrected chi connectivity index (χ0v) is 12.4. The summed E-state index contributed by atoms with van der Waals surface area (Å²) in [6.07, 6.45) is 3.06. The second-order valence-electron chi connectivity index (χ2n) is 4.34. The molecule has 102 valence electrons. The Hall–Kier alpha value is -1.94. The second kappa shape index (κ2) is 6.48. The van der Waals surface area contributed by atoms with Gasteiger partial charge in [0, 0.05) is 16.2 Å². The molecule has 0 bridgehead atoms. The van der Waals surface area contributed by atoms with Crippen molar-refractivity contribution in [2.75, 3.05) is 5.32 Å². The van der Waals surface area contributed by atoms with Gasteiger partial charge in [-0.2, -0.15) is 0 Å². The van der Waals surface area contributed by atoms with Crippen LogP contribution in [0.1, 0.15) is 11.1 Å². The van der Waals surface area contributed by atoms with E-state index in [2.05, 4.69) is 21.2 Å². The first-order valence-electron chi connectivity index (χ1n) is 6.05. The molecule has 2 rings (SSSR count). The lowest BCUT2D eigenvalue weighted by molar-refractivity contribution is -0.111. The van der Waals surface area contributed by atoms with Gasteiger partial charge in [-0.3, -0.25) is 4.79 Å². The fourth-order valence-electron chi connectivity index (χ4n) is 1.65. The predicted octanol–water partition coefficient (Wildman–Crippen LogP) is 4.55. The standard InChI is InChI=1S/C16H13BrFNO/c1-11-10-14(7-8-15(11)17)19-16(20)9-4-12-2-5-13(18)6-3-12/h2-10H,1H3,(H,19,20)/b9-4+. The molecule has 0 radical (unpaired) electrons. The minimum absolute atomic E-state index is 0.226. The molecule has 0 saturated carbocycles. The first-order valence-corrected chi connectivity index (χ1v) is 6.85. The lowest BCUT2D eigenvalue weighted by Gasteiger charge is -2.04. The molecule has 0 heterocycles. The van der Waals surface area contributed by atoms with Crippen LogP contribution in [0.2, 0.25) is 0 Å². The Balaban J connectivity index is 2.01. The molecule has 0 atom stereocenters. The first-order chi connectivity index (χ1) is 9.54. The Morgan fingerprint density at radius 2 is 1.90 bits per heavy atom. The number of aryl methyl sites for hydroxylation is 1. The number of hydrogen-bond donors (Lipinski definition) is 1. The molecule has 1 amide bonds. The molecule has 1 N–H and O–H groups in total. The van der Waals surface area contributed by atoms with Gasteiger partial charge in [0.25, 0.3) is 0 Å². The molecule has 4 heteroatoms. The van der Waals surface area contributed by atoms with E-state index < -0.39 is 0 Å². The van der Waals surface area contributed by atoms with Crippen molar-refractivity contribution in [2.45, 2.75) is 6.92 Å². The average Bonchev–Trinajstić information content (AvgIpc) is 2.42. The van der Waals surface area contributed by atoms with Gasteiger partial charge in [0.05, 0.1) is 0 Å². The summed E-state index contributed by atoms with van der Waals surface area (Å²) in [5, 5.41) is 2.77. The zero-order valence-electron chi connectivity index (χ0n) is 10.9. The van der Waals surface area contributed by atoms with E-state index >= 15 is 0 Å². The Morgan fingerprint density at radius 3 is 2.55 bits per heavy atom. The van der Waals surface area contributed by atoms with Crippen molar-refractivity contribution < 1.29 is 9.18 Å². The summed E-state index contributed by atoms with van der Waals surface area (Å²) in [5.74, 6) is -0.520. The third-order valence-electron chi connectivity index (χ3n) is 2.72. The van der Waals surface area contributed by atoms with Crippen molar-refractivity contribution in [1.29, 1.82) is 0 Å². The van der Waals surface area contributed by atoms with Crippen LogP contribution >= 0.6 is 15.9 Å². The van der Waals surface area contributed by atoms with Crippen LogP contribution in [0.4, 0.5) is 10.1 Å². The highest BCUT2D eigenvalue weighted by Gasteiger charge is 2.00. The number of halogens is 2. The van der Waals surface area contributed by atoms with Crippen LogP contribution < -0.4 is 5.32 Å². The van der Waals surface area contributed by atoms with Crippen molar-refractivity contribution in [3.63, 3.8) is 0 Å². The van der Waals surface area contributed by atoms with E-state index in [4.69, 9.17) is 0 Å². The van der Waals surface area contributed by atoms with Crippen LogP contribution in [-0.2, 0) is 4.79 Å². The highest BCUT2D eigenvalue weighted by atomic mass is 79.9. The van der Waals surface area contributed by atoms with Crippen LogP contribution in [-0.4, -0.2) is 5.91 Å². The zero-order chi connectivity index (χ0) is 14.5. The van der Waals surface area contributed by atoms with Gasteiger partial charge in [-0.15, -0.1) is 0 Å². The maximum absolute atomic E-state index is 12.7. The van der Waals surface area contributed by atoms with E-state index in [0.717, 1.165) is 21.3 Å². The lowest BCUT2D eigenvalue weighted by atomic mass is 10.2. The molecular weight excluding hydrogens is 321 g/mol. The van der Waals surface area contributed by atoms with Gasteiger partial charge in [0.2, 0.25) is 5.91 Å². The van der Waals surface area contributed by atoms with E-state index in [1.807, 2.05) is 25.1 Å². The van der Waals surface area contributed by atoms with Crippen LogP contribution in [0.5, 0.6) is 0 Å². The molecule has 0 aliphatic rings. The highest BCUT2D eigenvalue weighted by Crippen LogP contribution is 2.20. The third kappa shape index (κ3) is 4.03. The van der Waals surface area contributed by atoms with Gasteiger partial charge < -0.3 is 5.32 Å². The number of amides is 1. The van der Waals surface area contributed by atoms with E-state index in [0.29, 0.717) is 0 Å². The normalized spacial score (nSPS) is 10.8. The lowest BCUT2D eigenvalue weighted by Crippen LogP contribution is -2.07. The fourth-order valence-corrected chi connectivity index (χ4v) is 1.90. The summed E-state index contributed by atoms with van der Waals surface area (Å²) >= 11 is 3.41. The summed E-state index contributed by atoms with van der Waals surface area (Å²) in [4.78, 5) is 11.8. The van der Waals surface area contributed by atoms with Crippen molar-refractivity contribution in [2.24, 2.45) is 0 Å². The third-order valence-corrected chi connectivity index (χ3v) is 3.61. The topological polar surface area (TPSA) is 29.1 Å². The largest absolute Gasteiger partial charge is 0.323 e. The molecule has 0 aliphatic heterocycles. The maximum atomic E-state index is 12.7. The highest BCUT2D eigenvalue weighted by molar-refractivity contribution is 9.10. The monoisotopic (exact) mass is 333 g/mol. The quantitative estimate of drug-likeness (QED) is 0.820. The van der Waals surface area contributed by atoms with Crippen molar-refractivity contribution >= 4 is 33.6 Å². The molecule has 2 nitrogen and oxygen atoms in total. The number of hydrogen-bond acceptors (Lipinski definition) is 1. The summed E-state index contributed by atoms with van der Waals surface area (Å²) in [7, 11) is 0. The minimum atomic E-state index is -0.295. The molecule has 2 aromatic carbocycles. The van der Waals surface area contributed by atoms with Gasteiger partial charge in [-0.05, 0) is 54.5 Å². The van der Waals surface area contributed by atoms with Crippen LogP contribution in [0, 0.1) is 12.7 Å². The fraction of sp³-hybridized carbons (Fsp3) is 0.0625. The Morgan fingerprint density at radius 1 is 1.20 bits per heavy atom. The van der Waals surface area contributed by atoms with Crippen LogP contribution in [0.25, 0.3) is 6.08 Å². The molecule has 20 heavy (non-hydrogen) atoms. The Bertz CT molecular complexity index is 650. The second-order valence-corrected chi connectivity index (χ2v) is 5.19. The number of nitrogens with one attached hydrogen (secondary N) is 1. The maximum Gasteiger partial charge on any atom is 0.248 e. The molecule has 0 aromatic heterocycles. The van der Waals surface area contributed by atoms with E-state index in [-0.39, 0.29) is 11.7 Å². The number of benzene rings is 2. The average molecular weight is 334 g/mol. The van der Waals surface area contributed by atoms with Crippen LogP contribution in [0.3, 0.4) is 0 Å². The Labute approximate surface area is 125 Å². The van der Waals surface area contributed by atoms with E-state index in [1.54, 1.807) is 18.2 Å². The van der Waals surface area contributed by atoms with Crippen LogP contribution in [0.15, 0.2) is 53.0 Å². The van der Waals surface area contributed by atoms with E-state index in [9.17, 15) is 9.18 Å². The number of carbonyl (C=O) groups excluding carboxylic acids is 1. The molecule has 0 unspecified atom stereocenters. The van der Waals surface area contributed by atoms with Gasteiger partial charge in [0.15, 0.2) is 0 Å². The van der Waals surface area contributed by atoms with Crippen molar-refractivity contribution in [3.05, 3.63) is 70.0 Å². The minimum Gasteiger partial charge on any atom is -0.323 e. The van der Waals surface area contributed by atoms with Gasteiger partial charge in [-0.1, -0.05) is 28.1 Å². The first kappa shape index (κ1) is 14.5. The SMILES string of the molecule is Cc1cc(NC(=O)/C=C/c2ccc(F)cc2)ccc1Br. The van der Waals surface area contributed by atoms with Crippen molar-refractivity contribution in [1.82, 2.24) is 0 Å².